The number of thioether (sulfide) groups is 1. The second-order valence-electron chi connectivity index (χ2n) is 3.78. The Morgan fingerprint density at radius 1 is 1.65 bits per heavy atom. The van der Waals surface area contributed by atoms with E-state index in [1.165, 1.54) is 11.8 Å². The number of hydrogen-bond acceptors (Lipinski definition) is 4. The molecule has 0 spiro atoms. The lowest BCUT2D eigenvalue weighted by atomic mass is 10.2. The molecule has 1 aromatic rings. The van der Waals surface area contributed by atoms with Gasteiger partial charge in [-0.3, -0.25) is 9.59 Å². The van der Waals surface area contributed by atoms with E-state index in [1.807, 2.05) is 6.92 Å². The number of carboxylic acids is 1. The first-order valence-corrected chi connectivity index (χ1v) is 6.45. The molecule has 0 amide bonds. The summed E-state index contributed by atoms with van der Waals surface area (Å²) >= 11 is 1.20. The number of aliphatic carboxylic acids is 1. The molecule has 1 N–H and O–H groups in total. The number of carbonyl (C=O) groups is 1. The molecule has 0 radical (unpaired) electrons. The summed E-state index contributed by atoms with van der Waals surface area (Å²) in [6, 6.07) is 0. The molecule has 6 heteroatoms. The maximum atomic E-state index is 11.9. The highest BCUT2D eigenvalue weighted by Gasteiger charge is 2.13. The SMILES string of the molecule is CCCn1ccnc(SCC(C)C(=O)O)c1=O. The molecule has 0 aliphatic rings. The van der Waals surface area contributed by atoms with Crippen LogP contribution in [0.3, 0.4) is 0 Å². The van der Waals surface area contributed by atoms with Gasteiger partial charge in [0.15, 0.2) is 5.03 Å². The molecular weight excluding hydrogens is 240 g/mol. The summed E-state index contributed by atoms with van der Waals surface area (Å²) in [6.45, 7) is 4.26. The van der Waals surface area contributed by atoms with Crippen LogP contribution in [0.2, 0.25) is 0 Å². The van der Waals surface area contributed by atoms with Gasteiger partial charge < -0.3 is 9.67 Å². The lowest BCUT2D eigenvalue weighted by Crippen LogP contribution is -2.22. The van der Waals surface area contributed by atoms with Gasteiger partial charge in [-0.2, -0.15) is 0 Å². The molecule has 1 atom stereocenters. The first-order valence-electron chi connectivity index (χ1n) is 5.47. The zero-order valence-electron chi connectivity index (χ0n) is 9.92. The predicted octanol–water partition coefficient (Wildman–Crippen LogP) is 1.47. The van der Waals surface area contributed by atoms with E-state index in [-0.39, 0.29) is 5.56 Å². The van der Waals surface area contributed by atoms with Crippen LogP contribution in [-0.2, 0) is 11.3 Å². The topological polar surface area (TPSA) is 72.2 Å². The summed E-state index contributed by atoms with van der Waals surface area (Å²) in [5, 5.41) is 9.12. The minimum Gasteiger partial charge on any atom is -0.481 e. The summed E-state index contributed by atoms with van der Waals surface area (Å²) in [4.78, 5) is 26.5. The fourth-order valence-corrected chi connectivity index (χ4v) is 2.15. The minimum atomic E-state index is -0.859. The second-order valence-corrected chi connectivity index (χ2v) is 4.79. The van der Waals surface area contributed by atoms with Crippen molar-refractivity contribution in [2.24, 2.45) is 5.92 Å². The Hall–Kier alpha value is -1.30. The quantitative estimate of drug-likeness (QED) is 0.780. The molecule has 0 aliphatic heterocycles. The van der Waals surface area contributed by atoms with Crippen molar-refractivity contribution in [3.8, 4) is 0 Å². The van der Waals surface area contributed by atoms with Crippen molar-refractivity contribution in [1.82, 2.24) is 9.55 Å². The molecule has 1 rings (SSSR count). The summed E-state index contributed by atoms with van der Waals surface area (Å²) < 4.78 is 1.60. The zero-order chi connectivity index (χ0) is 12.8. The second kappa shape index (κ2) is 6.44. The first-order chi connectivity index (χ1) is 8.06. The van der Waals surface area contributed by atoms with Gasteiger partial charge in [0.2, 0.25) is 0 Å². The van der Waals surface area contributed by atoms with E-state index in [4.69, 9.17) is 5.11 Å². The van der Waals surface area contributed by atoms with E-state index in [2.05, 4.69) is 4.98 Å². The van der Waals surface area contributed by atoms with Crippen molar-refractivity contribution < 1.29 is 9.90 Å². The van der Waals surface area contributed by atoms with Crippen molar-refractivity contribution >= 4 is 17.7 Å². The number of aromatic nitrogens is 2. The lowest BCUT2D eigenvalue weighted by Gasteiger charge is -2.07. The van der Waals surface area contributed by atoms with Gasteiger partial charge in [-0.25, -0.2) is 4.98 Å². The van der Waals surface area contributed by atoms with Crippen LogP contribution in [0.1, 0.15) is 20.3 Å². The van der Waals surface area contributed by atoms with Crippen LogP contribution in [0, 0.1) is 5.92 Å². The summed E-state index contributed by atoms with van der Waals surface area (Å²) in [5.74, 6) is -0.989. The molecule has 0 saturated heterocycles. The summed E-state index contributed by atoms with van der Waals surface area (Å²) in [5.41, 5.74) is -0.142. The van der Waals surface area contributed by atoms with E-state index in [0.717, 1.165) is 6.42 Å². The number of hydrogen-bond donors (Lipinski definition) is 1. The van der Waals surface area contributed by atoms with E-state index in [1.54, 1.807) is 23.9 Å². The smallest absolute Gasteiger partial charge is 0.307 e. The molecule has 0 bridgehead atoms. The third-order valence-electron chi connectivity index (χ3n) is 2.24. The zero-order valence-corrected chi connectivity index (χ0v) is 10.7. The highest BCUT2D eigenvalue weighted by Crippen LogP contribution is 2.14. The molecule has 1 aromatic heterocycles. The van der Waals surface area contributed by atoms with Gasteiger partial charge in [0.05, 0.1) is 5.92 Å². The monoisotopic (exact) mass is 256 g/mol. The number of carboxylic acid groups (broad SMARTS) is 1. The van der Waals surface area contributed by atoms with Crippen LogP contribution < -0.4 is 5.56 Å². The Morgan fingerprint density at radius 2 is 2.35 bits per heavy atom. The third-order valence-corrected chi connectivity index (χ3v) is 3.46. The number of rotatable bonds is 6. The Labute approximate surface area is 104 Å². The molecular formula is C11H16N2O3S. The van der Waals surface area contributed by atoms with E-state index in [0.29, 0.717) is 17.3 Å². The highest BCUT2D eigenvalue weighted by molar-refractivity contribution is 7.99. The first kappa shape index (κ1) is 13.8. The molecule has 94 valence electrons. The molecule has 1 heterocycles. The van der Waals surface area contributed by atoms with Crippen molar-refractivity contribution in [2.45, 2.75) is 31.8 Å². The lowest BCUT2D eigenvalue weighted by molar-refractivity contribution is -0.140. The third kappa shape index (κ3) is 3.89. The van der Waals surface area contributed by atoms with Crippen LogP contribution in [-0.4, -0.2) is 26.4 Å². The van der Waals surface area contributed by atoms with Crippen molar-refractivity contribution in [3.63, 3.8) is 0 Å². The van der Waals surface area contributed by atoms with Crippen LogP contribution in [0.5, 0.6) is 0 Å². The molecule has 0 aliphatic carbocycles. The fourth-order valence-electron chi connectivity index (χ4n) is 1.22. The van der Waals surface area contributed by atoms with E-state index < -0.39 is 11.9 Å². The van der Waals surface area contributed by atoms with Crippen LogP contribution in [0.4, 0.5) is 0 Å². The van der Waals surface area contributed by atoms with E-state index in [9.17, 15) is 9.59 Å². The average Bonchev–Trinajstić information content (AvgIpc) is 2.30. The van der Waals surface area contributed by atoms with Gasteiger partial charge >= 0.3 is 5.97 Å². The van der Waals surface area contributed by atoms with Crippen molar-refractivity contribution in [1.29, 1.82) is 0 Å². The number of nitrogens with zero attached hydrogens (tertiary/aromatic N) is 2. The minimum absolute atomic E-state index is 0.142. The van der Waals surface area contributed by atoms with E-state index >= 15 is 0 Å². The maximum Gasteiger partial charge on any atom is 0.307 e. The van der Waals surface area contributed by atoms with Gasteiger partial charge in [0, 0.05) is 24.7 Å². The molecule has 0 fully saturated rings. The molecule has 5 nitrogen and oxygen atoms in total. The highest BCUT2D eigenvalue weighted by atomic mass is 32.2. The average molecular weight is 256 g/mol. The van der Waals surface area contributed by atoms with Crippen molar-refractivity contribution in [3.05, 3.63) is 22.7 Å². The van der Waals surface area contributed by atoms with Crippen molar-refractivity contribution in [2.75, 3.05) is 5.75 Å². The van der Waals surface area contributed by atoms with Crippen LogP contribution in [0.25, 0.3) is 0 Å². The Balaban J connectivity index is 2.75. The number of aryl methyl sites for hydroxylation is 1. The van der Waals surface area contributed by atoms with Gasteiger partial charge in [-0.15, -0.1) is 0 Å². The molecule has 0 saturated carbocycles. The maximum absolute atomic E-state index is 11.9. The molecule has 1 unspecified atom stereocenters. The predicted molar refractivity (Wildman–Crippen MR) is 66.3 cm³/mol. The summed E-state index contributed by atoms with van der Waals surface area (Å²) in [6.07, 6.45) is 4.10. The Kier molecular flexibility index (Phi) is 5.21. The Bertz CT molecular complexity index is 445. The Morgan fingerprint density at radius 3 is 2.94 bits per heavy atom. The van der Waals surface area contributed by atoms with Crippen LogP contribution >= 0.6 is 11.8 Å². The molecule has 0 aromatic carbocycles. The van der Waals surface area contributed by atoms with Gasteiger partial charge in [0.1, 0.15) is 0 Å². The fraction of sp³-hybridized carbons (Fsp3) is 0.545. The normalized spacial score (nSPS) is 12.4. The van der Waals surface area contributed by atoms with Gasteiger partial charge in [-0.05, 0) is 6.42 Å². The van der Waals surface area contributed by atoms with Gasteiger partial charge in [0.25, 0.3) is 5.56 Å². The standard InChI is InChI=1S/C11H16N2O3S/c1-3-5-13-6-4-12-9(10(13)14)17-7-8(2)11(15)16/h4,6,8H,3,5,7H2,1-2H3,(H,15,16). The largest absolute Gasteiger partial charge is 0.481 e. The molecule has 17 heavy (non-hydrogen) atoms. The van der Waals surface area contributed by atoms with Crippen LogP contribution in [0.15, 0.2) is 22.2 Å². The summed E-state index contributed by atoms with van der Waals surface area (Å²) in [7, 11) is 0. The van der Waals surface area contributed by atoms with Gasteiger partial charge in [-0.1, -0.05) is 25.6 Å².